The second-order valence-electron chi connectivity index (χ2n) is 7.13. The van der Waals surface area contributed by atoms with Crippen LogP contribution in [0, 0.1) is 0 Å². The van der Waals surface area contributed by atoms with Gasteiger partial charge in [-0.3, -0.25) is 4.79 Å². The van der Waals surface area contributed by atoms with E-state index in [4.69, 9.17) is 23.2 Å². The first-order valence-corrected chi connectivity index (χ1v) is 9.88. The summed E-state index contributed by atoms with van der Waals surface area (Å²) in [5.74, 6) is 0.629. The molecule has 1 fully saturated rings. The zero-order chi connectivity index (χ0) is 19.4. The smallest absolute Gasteiger partial charge is 0.260 e. The molecule has 142 valence electrons. The van der Waals surface area contributed by atoms with Gasteiger partial charge >= 0.3 is 0 Å². The maximum Gasteiger partial charge on any atom is 0.260 e. The lowest BCUT2D eigenvalue weighted by Gasteiger charge is -2.21. The molecule has 1 atom stereocenters. The number of pyridine rings is 1. The Kier molecular flexibility index (Phi) is 4.07. The number of benzene rings is 1. The van der Waals surface area contributed by atoms with Crippen molar-refractivity contribution in [1.29, 1.82) is 0 Å². The highest BCUT2D eigenvalue weighted by molar-refractivity contribution is 6.36. The van der Waals surface area contributed by atoms with Gasteiger partial charge in [0.05, 0.1) is 26.9 Å². The Morgan fingerprint density at radius 1 is 1.21 bits per heavy atom. The molecule has 1 unspecified atom stereocenters. The molecule has 3 aromatic heterocycles. The van der Waals surface area contributed by atoms with Gasteiger partial charge in [-0.2, -0.15) is 0 Å². The summed E-state index contributed by atoms with van der Waals surface area (Å²) in [7, 11) is 0. The van der Waals surface area contributed by atoms with Gasteiger partial charge in [0.25, 0.3) is 5.56 Å². The third-order valence-electron chi connectivity index (χ3n) is 5.19. The van der Waals surface area contributed by atoms with Gasteiger partial charge < -0.3 is 14.9 Å². The van der Waals surface area contributed by atoms with E-state index in [0.29, 0.717) is 26.9 Å². The monoisotopic (exact) mass is 413 g/mol. The van der Waals surface area contributed by atoms with Gasteiger partial charge in [-0.25, -0.2) is 9.97 Å². The van der Waals surface area contributed by atoms with Crippen LogP contribution in [0.4, 0.5) is 5.82 Å². The first-order valence-electron chi connectivity index (χ1n) is 9.12. The van der Waals surface area contributed by atoms with E-state index < -0.39 is 0 Å². The Morgan fingerprint density at radius 2 is 2.04 bits per heavy atom. The first kappa shape index (κ1) is 17.5. The molecule has 2 N–H and O–H groups in total. The van der Waals surface area contributed by atoms with E-state index in [1.165, 1.54) is 6.33 Å². The van der Waals surface area contributed by atoms with Crippen LogP contribution in [0.1, 0.15) is 37.5 Å². The van der Waals surface area contributed by atoms with Crippen molar-refractivity contribution < 1.29 is 0 Å². The SMILES string of the molecule is CC(Nc1ncnc2[nH]cc(Cl)c12)c1cc2cccc(Cl)c2c(=O)n1C1CC1. The van der Waals surface area contributed by atoms with Crippen LogP contribution >= 0.6 is 23.2 Å². The number of fused-ring (bicyclic) bond motifs is 2. The zero-order valence-electron chi connectivity index (χ0n) is 15.0. The summed E-state index contributed by atoms with van der Waals surface area (Å²) in [5, 5.41) is 6.60. The van der Waals surface area contributed by atoms with Crippen molar-refractivity contribution in [3.05, 3.63) is 62.9 Å². The van der Waals surface area contributed by atoms with Crippen LogP contribution in [0.5, 0.6) is 0 Å². The third kappa shape index (κ3) is 2.75. The van der Waals surface area contributed by atoms with Gasteiger partial charge in [-0.05, 0) is 37.3 Å². The predicted octanol–water partition coefficient (Wildman–Crippen LogP) is 5.09. The molecule has 0 saturated heterocycles. The van der Waals surface area contributed by atoms with E-state index in [0.717, 1.165) is 29.3 Å². The van der Waals surface area contributed by atoms with Gasteiger partial charge in [0.2, 0.25) is 0 Å². The molecule has 1 aliphatic rings. The van der Waals surface area contributed by atoms with Crippen molar-refractivity contribution in [1.82, 2.24) is 19.5 Å². The van der Waals surface area contributed by atoms with E-state index in [2.05, 4.69) is 20.3 Å². The molecule has 5 rings (SSSR count). The third-order valence-corrected chi connectivity index (χ3v) is 5.80. The molecule has 1 aromatic carbocycles. The molecule has 28 heavy (non-hydrogen) atoms. The van der Waals surface area contributed by atoms with E-state index in [1.54, 1.807) is 12.3 Å². The van der Waals surface area contributed by atoms with E-state index in [9.17, 15) is 4.79 Å². The molecule has 0 radical (unpaired) electrons. The number of hydrogen-bond donors (Lipinski definition) is 2. The number of aromatic amines is 1. The van der Waals surface area contributed by atoms with Crippen LogP contribution in [-0.4, -0.2) is 19.5 Å². The summed E-state index contributed by atoms with van der Waals surface area (Å²) < 4.78 is 1.88. The zero-order valence-corrected chi connectivity index (χ0v) is 16.6. The van der Waals surface area contributed by atoms with Gasteiger partial charge in [-0.15, -0.1) is 0 Å². The van der Waals surface area contributed by atoms with E-state index >= 15 is 0 Å². The number of H-pyrrole nitrogens is 1. The quantitative estimate of drug-likeness (QED) is 0.488. The van der Waals surface area contributed by atoms with Gasteiger partial charge in [0, 0.05) is 17.9 Å². The van der Waals surface area contributed by atoms with Crippen molar-refractivity contribution in [2.24, 2.45) is 0 Å². The molecule has 0 spiro atoms. The maximum atomic E-state index is 13.2. The van der Waals surface area contributed by atoms with Crippen LogP contribution in [0.3, 0.4) is 0 Å². The number of nitrogens with one attached hydrogen (secondary N) is 2. The summed E-state index contributed by atoms with van der Waals surface area (Å²) in [4.78, 5) is 24.8. The minimum Gasteiger partial charge on any atom is -0.361 e. The Morgan fingerprint density at radius 3 is 2.82 bits per heavy atom. The van der Waals surface area contributed by atoms with Crippen molar-refractivity contribution in [3.8, 4) is 0 Å². The number of halogens is 2. The molecule has 1 aliphatic carbocycles. The predicted molar refractivity (Wildman–Crippen MR) is 112 cm³/mol. The van der Waals surface area contributed by atoms with Gasteiger partial charge in [-0.1, -0.05) is 35.3 Å². The molecule has 0 amide bonds. The standard InChI is InChI=1S/C20H17Cl2N5O/c1-10(26-19-17-14(22)8-23-18(17)24-9-25-19)15-7-11-3-2-4-13(21)16(11)20(28)27(15)12-5-6-12/h2-4,7-10,12H,5-6H2,1H3,(H2,23,24,25,26). The molecular formula is C20H17Cl2N5O. The highest BCUT2D eigenvalue weighted by Gasteiger charge is 2.29. The fraction of sp³-hybridized carbons (Fsp3) is 0.250. The molecule has 8 heteroatoms. The normalized spacial score (nSPS) is 15.2. The molecule has 1 saturated carbocycles. The number of nitrogens with zero attached hydrogens (tertiary/aromatic N) is 3. The van der Waals surface area contributed by atoms with Crippen molar-refractivity contribution in [2.75, 3.05) is 5.32 Å². The second-order valence-corrected chi connectivity index (χ2v) is 7.94. The Bertz CT molecular complexity index is 1280. The highest BCUT2D eigenvalue weighted by Crippen LogP contribution is 2.38. The van der Waals surface area contributed by atoms with Crippen LogP contribution < -0.4 is 10.9 Å². The number of hydrogen-bond acceptors (Lipinski definition) is 4. The fourth-order valence-electron chi connectivity index (χ4n) is 3.71. The molecule has 0 aliphatic heterocycles. The minimum atomic E-state index is -0.166. The second kappa shape index (κ2) is 6.50. The summed E-state index contributed by atoms with van der Waals surface area (Å²) in [5.41, 5.74) is 1.53. The van der Waals surface area contributed by atoms with Crippen LogP contribution in [-0.2, 0) is 0 Å². The topological polar surface area (TPSA) is 75.6 Å². The van der Waals surface area contributed by atoms with Crippen molar-refractivity contribution >= 4 is 50.8 Å². The van der Waals surface area contributed by atoms with Gasteiger partial charge in [0.15, 0.2) is 0 Å². The Balaban J connectivity index is 1.65. The van der Waals surface area contributed by atoms with E-state index in [1.807, 2.05) is 29.7 Å². The average Bonchev–Trinajstić information content (AvgIpc) is 3.44. The summed E-state index contributed by atoms with van der Waals surface area (Å²) in [6.07, 6.45) is 5.17. The van der Waals surface area contributed by atoms with Crippen molar-refractivity contribution in [2.45, 2.75) is 31.8 Å². The Hall–Kier alpha value is -2.57. The molecule has 6 nitrogen and oxygen atoms in total. The lowest BCUT2D eigenvalue weighted by molar-refractivity contribution is 0.636. The van der Waals surface area contributed by atoms with Crippen LogP contribution in [0.25, 0.3) is 21.8 Å². The van der Waals surface area contributed by atoms with E-state index in [-0.39, 0.29) is 17.6 Å². The first-order chi connectivity index (χ1) is 13.5. The van der Waals surface area contributed by atoms with Gasteiger partial charge in [0.1, 0.15) is 17.8 Å². The van der Waals surface area contributed by atoms with Crippen molar-refractivity contribution in [3.63, 3.8) is 0 Å². The molecular weight excluding hydrogens is 397 g/mol. The minimum absolute atomic E-state index is 0.0400. The number of aromatic nitrogens is 4. The summed E-state index contributed by atoms with van der Waals surface area (Å²) >= 11 is 12.6. The largest absolute Gasteiger partial charge is 0.361 e. The van der Waals surface area contributed by atoms with Crippen LogP contribution in [0.2, 0.25) is 10.0 Å². The summed E-state index contributed by atoms with van der Waals surface area (Å²) in [6.45, 7) is 2.01. The summed E-state index contributed by atoms with van der Waals surface area (Å²) in [6, 6.07) is 7.63. The average molecular weight is 414 g/mol. The number of anilines is 1. The highest BCUT2D eigenvalue weighted by atomic mass is 35.5. The Labute approximate surface area is 170 Å². The molecule has 3 heterocycles. The number of rotatable bonds is 4. The fourth-order valence-corrected chi connectivity index (χ4v) is 4.21. The molecule has 4 aromatic rings. The lowest BCUT2D eigenvalue weighted by Crippen LogP contribution is -2.26. The lowest BCUT2D eigenvalue weighted by atomic mass is 10.1. The molecule has 0 bridgehead atoms. The maximum absolute atomic E-state index is 13.2. The van der Waals surface area contributed by atoms with Crippen LogP contribution in [0.15, 0.2) is 41.6 Å².